The number of hydrogen-bond acceptors (Lipinski definition) is 4. The van der Waals surface area contributed by atoms with Crippen LogP contribution in [0.2, 0.25) is 0 Å². The van der Waals surface area contributed by atoms with E-state index >= 15 is 0 Å². The first-order valence-corrected chi connectivity index (χ1v) is 6.48. The van der Waals surface area contributed by atoms with Crippen LogP contribution in [0.15, 0.2) is 36.8 Å². The van der Waals surface area contributed by atoms with E-state index in [1.54, 1.807) is 12.4 Å². The third-order valence-electron chi connectivity index (χ3n) is 2.96. The molecule has 0 aromatic carbocycles. The van der Waals surface area contributed by atoms with Crippen LogP contribution in [-0.2, 0) is 6.42 Å². The second kappa shape index (κ2) is 6.29. The molecule has 0 amide bonds. The molecular weight excluding hydrogens is 238 g/mol. The largest absolute Gasteiger partial charge is 0.437 e. The lowest BCUT2D eigenvalue weighted by molar-refractivity contribution is 0.456. The van der Waals surface area contributed by atoms with Crippen molar-refractivity contribution in [2.45, 2.75) is 32.7 Å². The lowest BCUT2D eigenvalue weighted by Crippen LogP contribution is -2.21. The Morgan fingerprint density at radius 3 is 2.84 bits per heavy atom. The minimum Gasteiger partial charge on any atom is -0.437 e. The highest BCUT2D eigenvalue weighted by atomic mass is 16.5. The van der Waals surface area contributed by atoms with E-state index in [0.717, 1.165) is 24.0 Å². The molecule has 4 heteroatoms. The summed E-state index contributed by atoms with van der Waals surface area (Å²) in [5.41, 5.74) is 8.10. The van der Waals surface area contributed by atoms with Gasteiger partial charge in [0.05, 0.1) is 6.20 Å². The van der Waals surface area contributed by atoms with Gasteiger partial charge in [0, 0.05) is 24.0 Å². The molecule has 2 rings (SSSR count). The van der Waals surface area contributed by atoms with Gasteiger partial charge in [-0.15, -0.1) is 0 Å². The molecule has 0 saturated heterocycles. The SMILES string of the molecule is CCC(N)Cc1cnc(Oc2cccnc2)c(C)c1. The van der Waals surface area contributed by atoms with Crippen molar-refractivity contribution in [2.24, 2.45) is 5.73 Å². The molecule has 2 aromatic rings. The quantitative estimate of drug-likeness (QED) is 0.894. The highest BCUT2D eigenvalue weighted by Crippen LogP contribution is 2.22. The topological polar surface area (TPSA) is 61.0 Å². The molecule has 1 unspecified atom stereocenters. The van der Waals surface area contributed by atoms with Crippen LogP contribution in [0.5, 0.6) is 11.6 Å². The highest BCUT2D eigenvalue weighted by molar-refractivity contribution is 5.32. The predicted molar refractivity (Wildman–Crippen MR) is 75.3 cm³/mol. The van der Waals surface area contributed by atoms with Gasteiger partial charge in [-0.1, -0.05) is 6.92 Å². The maximum Gasteiger partial charge on any atom is 0.222 e. The summed E-state index contributed by atoms with van der Waals surface area (Å²) in [6.45, 7) is 4.07. The fraction of sp³-hybridized carbons (Fsp3) is 0.333. The standard InChI is InChI=1S/C15H19N3O/c1-3-13(16)8-12-7-11(2)15(18-9-12)19-14-5-4-6-17-10-14/h4-7,9-10,13H,3,8,16H2,1-2H3. The Labute approximate surface area is 113 Å². The number of pyridine rings is 2. The van der Waals surface area contributed by atoms with Crippen LogP contribution in [0.3, 0.4) is 0 Å². The maximum absolute atomic E-state index is 5.95. The van der Waals surface area contributed by atoms with Gasteiger partial charge in [-0.25, -0.2) is 4.98 Å². The Morgan fingerprint density at radius 2 is 2.21 bits per heavy atom. The van der Waals surface area contributed by atoms with Crippen LogP contribution in [0.25, 0.3) is 0 Å². The van der Waals surface area contributed by atoms with E-state index in [1.165, 1.54) is 0 Å². The maximum atomic E-state index is 5.95. The van der Waals surface area contributed by atoms with E-state index < -0.39 is 0 Å². The second-order valence-electron chi connectivity index (χ2n) is 4.63. The van der Waals surface area contributed by atoms with E-state index in [4.69, 9.17) is 10.5 Å². The van der Waals surface area contributed by atoms with Crippen molar-refractivity contribution in [1.29, 1.82) is 0 Å². The first-order chi connectivity index (χ1) is 9.19. The zero-order valence-corrected chi connectivity index (χ0v) is 11.3. The average molecular weight is 257 g/mol. The molecule has 2 aromatic heterocycles. The minimum atomic E-state index is 0.186. The molecule has 2 N–H and O–H groups in total. The van der Waals surface area contributed by atoms with E-state index in [1.807, 2.05) is 25.3 Å². The molecule has 1 atom stereocenters. The molecule has 0 aliphatic heterocycles. The number of hydrogen-bond donors (Lipinski definition) is 1. The van der Waals surface area contributed by atoms with Crippen LogP contribution < -0.4 is 10.5 Å². The Bertz CT molecular complexity index is 528. The van der Waals surface area contributed by atoms with Gasteiger partial charge in [0.1, 0.15) is 5.75 Å². The number of aryl methyl sites for hydroxylation is 1. The van der Waals surface area contributed by atoms with Crippen LogP contribution in [-0.4, -0.2) is 16.0 Å². The molecule has 0 spiro atoms. The van der Waals surface area contributed by atoms with Gasteiger partial charge in [-0.3, -0.25) is 4.98 Å². The van der Waals surface area contributed by atoms with Gasteiger partial charge in [-0.05, 0) is 43.5 Å². The summed E-state index contributed by atoms with van der Waals surface area (Å²) in [6.07, 6.45) is 7.02. The summed E-state index contributed by atoms with van der Waals surface area (Å²) >= 11 is 0. The fourth-order valence-electron chi connectivity index (χ4n) is 1.81. The van der Waals surface area contributed by atoms with E-state index in [0.29, 0.717) is 11.6 Å². The normalized spacial score (nSPS) is 12.2. The summed E-state index contributed by atoms with van der Waals surface area (Å²) in [6, 6.07) is 5.95. The van der Waals surface area contributed by atoms with Crippen molar-refractivity contribution >= 4 is 0 Å². The number of ether oxygens (including phenoxy) is 1. The van der Waals surface area contributed by atoms with Crippen molar-refractivity contribution < 1.29 is 4.74 Å². The molecule has 19 heavy (non-hydrogen) atoms. The van der Waals surface area contributed by atoms with Crippen molar-refractivity contribution in [1.82, 2.24) is 9.97 Å². The van der Waals surface area contributed by atoms with Gasteiger partial charge >= 0.3 is 0 Å². The zero-order valence-electron chi connectivity index (χ0n) is 11.3. The molecule has 0 bridgehead atoms. The lowest BCUT2D eigenvalue weighted by atomic mass is 10.1. The summed E-state index contributed by atoms with van der Waals surface area (Å²) < 4.78 is 5.69. The summed E-state index contributed by atoms with van der Waals surface area (Å²) in [5, 5.41) is 0. The van der Waals surface area contributed by atoms with Gasteiger partial charge in [0.2, 0.25) is 5.88 Å². The van der Waals surface area contributed by atoms with Crippen molar-refractivity contribution in [2.75, 3.05) is 0 Å². The Morgan fingerprint density at radius 1 is 1.37 bits per heavy atom. The van der Waals surface area contributed by atoms with E-state index in [-0.39, 0.29) is 6.04 Å². The smallest absolute Gasteiger partial charge is 0.222 e. The second-order valence-corrected chi connectivity index (χ2v) is 4.63. The molecule has 2 heterocycles. The van der Waals surface area contributed by atoms with Crippen LogP contribution in [0.4, 0.5) is 0 Å². The molecule has 0 radical (unpaired) electrons. The van der Waals surface area contributed by atoms with Gasteiger partial charge in [-0.2, -0.15) is 0 Å². The third kappa shape index (κ3) is 3.76. The number of nitrogens with zero attached hydrogens (tertiary/aromatic N) is 2. The van der Waals surface area contributed by atoms with Crippen LogP contribution >= 0.6 is 0 Å². The lowest BCUT2D eigenvalue weighted by Gasteiger charge is -2.11. The first kappa shape index (κ1) is 13.5. The van der Waals surface area contributed by atoms with Crippen LogP contribution in [0, 0.1) is 6.92 Å². The average Bonchev–Trinajstić information content (AvgIpc) is 2.43. The summed E-state index contributed by atoms with van der Waals surface area (Å²) in [7, 11) is 0. The van der Waals surface area contributed by atoms with Crippen LogP contribution in [0.1, 0.15) is 24.5 Å². The zero-order chi connectivity index (χ0) is 13.7. The molecule has 0 saturated carbocycles. The summed E-state index contributed by atoms with van der Waals surface area (Å²) in [5.74, 6) is 1.30. The molecule has 0 aliphatic rings. The van der Waals surface area contributed by atoms with Crippen molar-refractivity contribution in [3.05, 3.63) is 47.9 Å². The van der Waals surface area contributed by atoms with E-state index in [9.17, 15) is 0 Å². The Kier molecular flexibility index (Phi) is 4.47. The Hall–Kier alpha value is -1.94. The fourth-order valence-corrected chi connectivity index (χ4v) is 1.81. The van der Waals surface area contributed by atoms with Crippen molar-refractivity contribution in [3.8, 4) is 11.6 Å². The molecular formula is C15H19N3O. The molecule has 0 aliphatic carbocycles. The Balaban J connectivity index is 2.11. The summed E-state index contributed by atoms with van der Waals surface area (Å²) in [4.78, 5) is 8.36. The van der Waals surface area contributed by atoms with Crippen molar-refractivity contribution in [3.63, 3.8) is 0 Å². The number of nitrogens with two attached hydrogens (primary N) is 1. The molecule has 4 nitrogen and oxygen atoms in total. The van der Waals surface area contributed by atoms with E-state index in [2.05, 4.69) is 23.0 Å². The number of rotatable bonds is 5. The first-order valence-electron chi connectivity index (χ1n) is 6.48. The highest BCUT2D eigenvalue weighted by Gasteiger charge is 2.07. The number of aromatic nitrogens is 2. The molecule has 100 valence electrons. The van der Waals surface area contributed by atoms with Gasteiger partial charge < -0.3 is 10.5 Å². The molecule has 0 fully saturated rings. The monoisotopic (exact) mass is 257 g/mol. The third-order valence-corrected chi connectivity index (χ3v) is 2.96. The predicted octanol–water partition coefficient (Wildman–Crippen LogP) is 2.86. The van der Waals surface area contributed by atoms with Gasteiger partial charge in [0.25, 0.3) is 0 Å². The minimum absolute atomic E-state index is 0.186. The van der Waals surface area contributed by atoms with Gasteiger partial charge in [0.15, 0.2) is 0 Å².